The fourth-order valence-electron chi connectivity index (χ4n) is 2.53. The third-order valence-electron chi connectivity index (χ3n) is 3.52. The molecule has 112 valence electrons. The number of rotatable bonds is 6. The maximum Gasteiger partial charge on any atom is 0.305 e. The Labute approximate surface area is 123 Å². The summed E-state index contributed by atoms with van der Waals surface area (Å²) in [6.45, 7) is 4.61. The summed E-state index contributed by atoms with van der Waals surface area (Å²) in [7, 11) is 0. The van der Waals surface area contributed by atoms with Crippen LogP contribution < -0.4 is 4.74 Å². The second-order valence-corrected chi connectivity index (χ2v) is 5.02. The molecule has 0 aromatic heterocycles. The average molecular weight is 289 g/mol. The smallest absolute Gasteiger partial charge is 0.305 e. The van der Waals surface area contributed by atoms with E-state index in [0.29, 0.717) is 24.5 Å². The number of carboxylic acids is 1. The second-order valence-electron chi connectivity index (χ2n) is 5.02. The highest BCUT2D eigenvalue weighted by Crippen LogP contribution is 2.23. The zero-order valence-electron chi connectivity index (χ0n) is 11.8. The molecule has 1 aromatic carbocycles. The molecule has 2 rings (SSSR count). The van der Waals surface area contributed by atoms with Gasteiger partial charge in [-0.1, -0.05) is 12.7 Å². The first kappa shape index (κ1) is 15.1. The predicted molar refractivity (Wildman–Crippen MR) is 78.4 cm³/mol. The van der Waals surface area contributed by atoms with Crippen LogP contribution in [-0.2, 0) is 4.79 Å². The topological polar surface area (TPSA) is 66.8 Å². The Morgan fingerprint density at radius 1 is 1.38 bits per heavy atom. The van der Waals surface area contributed by atoms with Crippen molar-refractivity contribution in [2.24, 2.45) is 0 Å². The fraction of sp³-hybridized carbons (Fsp3) is 0.375. The number of amides is 1. The van der Waals surface area contributed by atoms with Crippen LogP contribution in [0.1, 0.15) is 29.6 Å². The van der Waals surface area contributed by atoms with Gasteiger partial charge in [-0.15, -0.1) is 0 Å². The Kier molecular flexibility index (Phi) is 4.98. The maximum absolute atomic E-state index is 12.4. The summed E-state index contributed by atoms with van der Waals surface area (Å²) in [4.78, 5) is 24.9. The molecule has 1 amide bonds. The van der Waals surface area contributed by atoms with E-state index in [4.69, 9.17) is 9.84 Å². The maximum atomic E-state index is 12.4. The van der Waals surface area contributed by atoms with Gasteiger partial charge in [0.1, 0.15) is 12.4 Å². The molecule has 1 aliphatic rings. The average Bonchev–Trinajstić information content (AvgIpc) is 2.92. The van der Waals surface area contributed by atoms with Gasteiger partial charge in [0.05, 0.1) is 6.42 Å². The zero-order valence-corrected chi connectivity index (χ0v) is 11.8. The molecule has 0 aliphatic carbocycles. The minimum atomic E-state index is -0.868. The molecule has 1 aliphatic heterocycles. The Morgan fingerprint density at radius 3 is 2.71 bits per heavy atom. The summed E-state index contributed by atoms with van der Waals surface area (Å²) >= 11 is 0. The van der Waals surface area contributed by atoms with Crippen molar-refractivity contribution in [1.82, 2.24) is 4.90 Å². The molecule has 0 radical (unpaired) electrons. The molecule has 1 saturated heterocycles. The van der Waals surface area contributed by atoms with E-state index in [2.05, 4.69) is 6.58 Å². The van der Waals surface area contributed by atoms with Crippen LogP contribution in [0, 0.1) is 0 Å². The normalized spacial score (nSPS) is 17.5. The molecule has 5 nitrogen and oxygen atoms in total. The van der Waals surface area contributed by atoms with E-state index in [9.17, 15) is 9.59 Å². The predicted octanol–water partition coefficient (Wildman–Crippen LogP) is 2.33. The molecule has 1 aromatic rings. The number of carboxylic acid groups (broad SMARTS) is 1. The van der Waals surface area contributed by atoms with Crippen LogP contribution in [0.25, 0.3) is 0 Å². The Balaban J connectivity index is 2.04. The van der Waals surface area contributed by atoms with Crippen LogP contribution in [0.2, 0.25) is 0 Å². The van der Waals surface area contributed by atoms with Crippen molar-refractivity contribution in [3.05, 3.63) is 42.5 Å². The van der Waals surface area contributed by atoms with Gasteiger partial charge < -0.3 is 14.7 Å². The zero-order chi connectivity index (χ0) is 15.2. The number of benzene rings is 1. The highest BCUT2D eigenvalue weighted by molar-refractivity contribution is 5.95. The van der Waals surface area contributed by atoms with Gasteiger partial charge in [0.2, 0.25) is 0 Å². The summed E-state index contributed by atoms with van der Waals surface area (Å²) in [5.41, 5.74) is 0.554. The molecule has 5 heteroatoms. The van der Waals surface area contributed by atoms with E-state index < -0.39 is 5.97 Å². The first-order valence-electron chi connectivity index (χ1n) is 6.98. The summed E-state index contributed by atoms with van der Waals surface area (Å²) in [6.07, 6.45) is 3.26. The summed E-state index contributed by atoms with van der Waals surface area (Å²) < 4.78 is 5.37. The molecular formula is C16H19NO4. The van der Waals surface area contributed by atoms with E-state index in [1.54, 1.807) is 35.2 Å². The standard InChI is InChI=1S/C16H19NO4/c1-2-10-21-14-7-5-12(6-8-14)16(20)17-9-3-4-13(17)11-15(18)19/h2,5-8,13H,1,3-4,9-11H2,(H,18,19). The quantitative estimate of drug-likeness (QED) is 0.816. The molecule has 0 spiro atoms. The van der Waals surface area contributed by atoms with Gasteiger partial charge in [-0.05, 0) is 37.1 Å². The van der Waals surface area contributed by atoms with Crippen LogP contribution in [0.3, 0.4) is 0 Å². The van der Waals surface area contributed by atoms with Gasteiger partial charge in [-0.2, -0.15) is 0 Å². The van der Waals surface area contributed by atoms with Gasteiger partial charge in [0.15, 0.2) is 0 Å². The lowest BCUT2D eigenvalue weighted by atomic mass is 10.1. The number of carbonyl (C=O) groups excluding carboxylic acids is 1. The summed E-state index contributed by atoms with van der Waals surface area (Å²) in [6, 6.07) is 6.68. The highest BCUT2D eigenvalue weighted by Gasteiger charge is 2.30. The van der Waals surface area contributed by atoms with Crippen molar-refractivity contribution in [2.75, 3.05) is 13.2 Å². The van der Waals surface area contributed by atoms with Crippen LogP contribution >= 0.6 is 0 Å². The molecular weight excluding hydrogens is 270 g/mol. The number of hydrogen-bond donors (Lipinski definition) is 1. The van der Waals surface area contributed by atoms with E-state index in [1.165, 1.54) is 0 Å². The number of hydrogen-bond acceptors (Lipinski definition) is 3. The largest absolute Gasteiger partial charge is 0.490 e. The number of aliphatic carboxylic acids is 1. The van der Waals surface area contributed by atoms with Gasteiger partial charge in [-0.25, -0.2) is 0 Å². The number of ether oxygens (including phenoxy) is 1. The van der Waals surface area contributed by atoms with E-state index in [1.807, 2.05) is 0 Å². The Hall–Kier alpha value is -2.30. The number of likely N-dealkylation sites (tertiary alicyclic amines) is 1. The Bertz CT molecular complexity index is 524. The molecule has 1 N–H and O–H groups in total. The molecule has 1 atom stereocenters. The van der Waals surface area contributed by atoms with E-state index in [-0.39, 0.29) is 18.4 Å². The number of nitrogens with zero attached hydrogens (tertiary/aromatic N) is 1. The van der Waals surface area contributed by atoms with Crippen LogP contribution in [0.5, 0.6) is 5.75 Å². The van der Waals surface area contributed by atoms with Gasteiger partial charge in [0, 0.05) is 18.2 Å². The van der Waals surface area contributed by atoms with Crippen molar-refractivity contribution in [3.63, 3.8) is 0 Å². The Morgan fingerprint density at radius 2 is 2.10 bits per heavy atom. The minimum Gasteiger partial charge on any atom is -0.490 e. The molecule has 0 saturated carbocycles. The van der Waals surface area contributed by atoms with Crippen LogP contribution in [0.4, 0.5) is 0 Å². The second kappa shape index (κ2) is 6.92. The lowest BCUT2D eigenvalue weighted by Crippen LogP contribution is -2.36. The molecule has 21 heavy (non-hydrogen) atoms. The molecule has 1 fully saturated rings. The first-order chi connectivity index (χ1) is 10.1. The van der Waals surface area contributed by atoms with E-state index >= 15 is 0 Å². The summed E-state index contributed by atoms with van der Waals surface area (Å²) in [5, 5.41) is 8.90. The van der Waals surface area contributed by atoms with E-state index in [0.717, 1.165) is 12.8 Å². The van der Waals surface area contributed by atoms with Crippen molar-refractivity contribution in [1.29, 1.82) is 0 Å². The van der Waals surface area contributed by atoms with Crippen LogP contribution in [-0.4, -0.2) is 41.1 Å². The molecule has 1 heterocycles. The highest BCUT2D eigenvalue weighted by atomic mass is 16.5. The van der Waals surface area contributed by atoms with Crippen molar-refractivity contribution < 1.29 is 19.4 Å². The molecule has 1 unspecified atom stereocenters. The molecule has 0 bridgehead atoms. The lowest BCUT2D eigenvalue weighted by Gasteiger charge is -2.23. The minimum absolute atomic E-state index is 0.00622. The SMILES string of the molecule is C=CCOc1ccc(C(=O)N2CCCC2CC(=O)O)cc1. The van der Waals surface area contributed by atoms with Crippen molar-refractivity contribution in [2.45, 2.75) is 25.3 Å². The monoisotopic (exact) mass is 289 g/mol. The number of carbonyl (C=O) groups is 2. The third kappa shape index (κ3) is 3.84. The summed E-state index contributed by atoms with van der Waals surface area (Å²) in [5.74, 6) is -0.308. The fourth-order valence-corrected chi connectivity index (χ4v) is 2.53. The van der Waals surface area contributed by atoms with Gasteiger partial charge >= 0.3 is 5.97 Å². The lowest BCUT2D eigenvalue weighted by molar-refractivity contribution is -0.137. The van der Waals surface area contributed by atoms with Crippen LogP contribution in [0.15, 0.2) is 36.9 Å². The van der Waals surface area contributed by atoms with Gasteiger partial charge in [0.25, 0.3) is 5.91 Å². The third-order valence-corrected chi connectivity index (χ3v) is 3.52. The van der Waals surface area contributed by atoms with Crippen molar-refractivity contribution in [3.8, 4) is 5.75 Å². The van der Waals surface area contributed by atoms with Crippen molar-refractivity contribution >= 4 is 11.9 Å². The van der Waals surface area contributed by atoms with Gasteiger partial charge in [-0.3, -0.25) is 9.59 Å². The first-order valence-corrected chi connectivity index (χ1v) is 6.98.